The zero-order valence-electron chi connectivity index (χ0n) is 16.1. The number of rotatable bonds is 6. The summed E-state index contributed by atoms with van der Waals surface area (Å²) in [6.07, 6.45) is 4.58. The van der Waals surface area contributed by atoms with Gasteiger partial charge in [-0.3, -0.25) is 4.79 Å². The topological polar surface area (TPSA) is 41.1 Å². The van der Waals surface area contributed by atoms with Crippen molar-refractivity contribution in [2.24, 2.45) is 5.92 Å². The Morgan fingerprint density at radius 2 is 1.96 bits per heavy atom. The standard InChI is InChI=1S/C23H26F2N2O/c1-14(18-10-9-17(24)12-20(18)25)23(28)27-21-11-16-7-2-3-8-19(16)22(21)26-13-15-5-4-6-15/h2-3,7-10,12,14-15,21-22,26H,4-6,11,13H2,1H3,(H,27,28)/t14-,21-,22-/m0/s1. The zero-order chi connectivity index (χ0) is 19.7. The molecule has 2 aliphatic carbocycles. The molecule has 0 radical (unpaired) electrons. The van der Waals surface area contributed by atoms with Crippen LogP contribution in [0.15, 0.2) is 42.5 Å². The molecular weight excluding hydrogens is 358 g/mol. The molecule has 0 saturated heterocycles. The molecule has 1 fully saturated rings. The Morgan fingerprint density at radius 3 is 2.68 bits per heavy atom. The monoisotopic (exact) mass is 384 g/mol. The molecule has 3 nitrogen and oxygen atoms in total. The lowest BCUT2D eigenvalue weighted by molar-refractivity contribution is -0.123. The van der Waals surface area contributed by atoms with E-state index in [2.05, 4.69) is 22.8 Å². The van der Waals surface area contributed by atoms with Crippen molar-refractivity contribution in [2.45, 2.75) is 50.6 Å². The van der Waals surface area contributed by atoms with Gasteiger partial charge in [-0.25, -0.2) is 8.78 Å². The number of halogens is 2. The van der Waals surface area contributed by atoms with E-state index in [1.807, 2.05) is 12.1 Å². The van der Waals surface area contributed by atoms with E-state index in [0.29, 0.717) is 0 Å². The third kappa shape index (κ3) is 3.81. The number of carbonyl (C=O) groups excluding carboxylic acids is 1. The van der Waals surface area contributed by atoms with Gasteiger partial charge in [-0.05, 0) is 55.8 Å². The van der Waals surface area contributed by atoms with E-state index in [9.17, 15) is 13.6 Å². The quantitative estimate of drug-likeness (QED) is 0.782. The average Bonchev–Trinajstić information content (AvgIpc) is 2.97. The van der Waals surface area contributed by atoms with Crippen LogP contribution in [0, 0.1) is 17.6 Å². The molecule has 1 amide bonds. The number of nitrogens with one attached hydrogen (secondary N) is 2. The molecular formula is C23H26F2N2O. The molecule has 2 N–H and O–H groups in total. The van der Waals surface area contributed by atoms with E-state index in [0.717, 1.165) is 24.9 Å². The van der Waals surface area contributed by atoms with Crippen molar-refractivity contribution in [1.82, 2.24) is 10.6 Å². The van der Waals surface area contributed by atoms with Crippen LogP contribution < -0.4 is 10.6 Å². The number of benzene rings is 2. The van der Waals surface area contributed by atoms with E-state index < -0.39 is 17.6 Å². The number of hydrogen-bond acceptors (Lipinski definition) is 2. The Bertz CT molecular complexity index is 865. The summed E-state index contributed by atoms with van der Waals surface area (Å²) in [7, 11) is 0. The van der Waals surface area contributed by atoms with Crippen LogP contribution >= 0.6 is 0 Å². The lowest BCUT2D eigenvalue weighted by Crippen LogP contribution is -2.45. The second kappa shape index (κ2) is 8.00. The van der Waals surface area contributed by atoms with Gasteiger partial charge in [0.05, 0.1) is 18.0 Å². The summed E-state index contributed by atoms with van der Waals surface area (Å²) in [5, 5.41) is 6.77. The van der Waals surface area contributed by atoms with Crippen LogP contribution in [-0.2, 0) is 11.2 Å². The van der Waals surface area contributed by atoms with Crippen molar-refractivity contribution in [3.8, 4) is 0 Å². The molecule has 4 rings (SSSR count). The molecule has 28 heavy (non-hydrogen) atoms. The number of fused-ring (bicyclic) bond motifs is 1. The summed E-state index contributed by atoms with van der Waals surface area (Å²) in [5.41, 5.74) is 2.68. The molecule has 2 aromatic rings. The molecule has 1 saturated carbocycles. The predicted octanol–water partition coefficient (Wildman–Crippen LogP) is 4.24. The summed E-state index contributed by atoms with van der Waals surface area (Å²) in [6, 6.07) is 11.6. The fourth-order valence-electron chi connectivity index (χ4n) is 4.27. The smallest absolute Gasteiger partial charge is 0.227 e. The lowest BCUT2D eigenvalue weighted by atomic mass is 9.85. The highest BCUT2D eigenvalue weighted by Crippen LogP contribution is 2.33. The maximum atomic E-state index is 14.1. The third-order valence-electron chi connectivity index (χ3n) is 6.23. The Morgan fingerprint density at radius 1 is 1.18 bits per heavy atom. The van der Waals surface area contributed by atoms with Crippen molar-refractivity contribution >= 4 is 5.91 Å². The minimum atomic E-state index is -0.684. The fourth-order valence-corrected chi connectivity index (χ4v) is 4.27. The largest absolute Gasteiger partial charge is 0.351 e. The number of hydrogen-bond donors (Lipinski definition) is 2. The highest BCUT2D eigenvalue weighted by molar-refractivity contribution is 5.83. The van der Waals surface area contributed by atoms with E-state index in [-0.39, 0.29) is 23.6 Å². The molecule has 0 heterocycles. The Balaban J connectivity index is 1.47. The molecule has 2 aliphatic rings. The molecule has 0 unspecified atom stereocenters. The zero-order valence-corrected chi connectivity index (χ0v) is 16.1. The van der Waals surface area contributed by atoms with Crippen LogP contribution in [0.4, 0.5) is 8.78 Å². The van der Waals surface area contributed by atoms with Crippen molar-refractivity contribution in [3.63, 3.8) is 0 Å². The first-order valence-corrected chi connectivity index (χ1v) is 10.1. The molecule has 0 aliphatic heterocycles. The highest BCUT2D eigenvalue weighted by atomic mass is 19.1. The number of amides is 1. The van der Waals surface area contributed by atoms with E-state index in [4.69, 9.17) is 0 Å². The SMILES string of the molecule is C[C@H](C(=O)N[C@H]1Cc2ccccc2[C@@H]1NCC1CCC1)c1ccc(F)cc1F. The van der Waals surface area contributed by atoms with Crippen LogP contribution in [0.2, 0.25) is 0 Å². The normalized spacial score (nSPS) is 22.4. The van der Waals surface area contributed by atoms with Gasteiger partial charge >= 0.3 is 0 Å². The minimum Gasteiger partial charge on any atom is -0.351 e. The van der Waals surface area contributed by atoms with E-state index >= 15 is 0 Å². The Kier molecular flexibility index (Phi) is 5.44. The van der Waals surface area contributed by atoms with Crippen LogP contribution in [0.5, 0.6) is 0 Å². The highest BCUT2D eigenvalue weighted by Gasteiger charge is 2.35. The molecule has 3 atom stereocenters. The van der Waals surface area contributed by atoms with Crippen LogP contribution in [-0.4, -0.2) is 18.5 Å². The summed E-state index contributed by atoms with van der Waals surface area (Å²) in [4.78, 5) is 12.8. The van der Waals surface area contributed by atoms with Crippen LogP contribution in [0.3, 0.4) is 0 Å². The van der Waals surface area contributed by atoms with Gasteiger partial charge in [0.25, 0.3) is 0 Å². The van der Waals surface area contributed by atoms with Crippen molar-refractivity contribution in [3.05, 3.63) is 70.8 Å². The van der Waals surface area contributed by atoms with Gasteiger partial charge < -0.3 is 10.6 Å². The van der Waals surface area contributed by atoms with Gasteiger partial charge in [-0.2, -0.15) is 0 Å². The second-order valence-electron chi connectivity index (χ2n) is 8.09. The molecule has 148 valence electrons. The second-order valence-corrected chi connectivity index (χ2v) is 8.09. The summed E-state index contributed by atoms with van der Waals surface area (Å²) in [6.45, 7) is 2.61. The van der Waals surface area contributed by atoms with Crippen molar-refractivity contribution < 1.29 is 13.6 Å². The Labute approximate surface area is 164 Å². The van der Waals surface area contributed by atoms with E-state index in [1.165, 1.54) is 42.5 Å². The summed E-state index contributed by atoms with van der Waals surface area (Å²) < 4.78 is 27.3. The van der Waals surface area contributed by atoms with Gasteiger partial charge in [0.15, 0.2) is 0 Å². The molecule has 2 aromatic carbocycles. The first-order valence-electron chi connectivity index (χ1n) is 10.1. The van der Waals surface area contributed by atoms with Gasteiger partial charge in [-0.1, -0.05) is 36.8 Å². The van der Waals surface area contributed by atoms with Crippen molar-refractivity contribution in [1.29, 1.82) is 0 Å². The Hall–Kier alpha value is -2.27. The molecule has 0 spiro atoms. The lowest BCUT2D eigenvalue weighted by Gasteiger charge is -2.30. The van der Waals surface area contributed by atoms with Crippen LogP contribution in [0.1, 0.15) is 54.8 Å². The van der Waals surface area contributed by atoms with Crippen LogP contribution in [0.25, 0.3) is 0 Å². The average molecular weight is 384 g/mol. The van der Waals surface area contributed by atoms with Gasteiger partial charge in [0.2, 0.25) is 5.91 Å². The third-order valence-corrected chi connectivity index (χ3v) is 6.23. The summed E-state index contributed by atoms with van der Waals surface area (Å²) in [5.74, 6) is -1.52. The molecule has 5 heteroatoms. The van der Waals surface area contributed by atoms with Gasteiger partial charge in [-0.15, -0.1) is 0 Å². The minimum absolute atomic E-state index is 0.0611. The molecule has 0 aromatic heterocycles. The van der Waals surface area contributed by atoms with Gasteiger partial charge in [0.1, 0.15) is 11.6 Å². The first-order chi connectivity index (χ1) is 13.5. The maximum Gasteiger partial charge on any atom is 0.227 e. The maximum absolute atomic E-state index is 14.1. The first kappa shape index (κ1) is 19.1. The van der Waals surface area contributed by atoms with Crippen molar-refractivity contribution in [2.75, 3.05) is 6.54 Å². The van der Waals surface area contributed by atoms with E-state index in [1.54, 1.807) is 6.92 Å². The summed E-state index contributed by atoms with van der Waals surface area (Å²) >= 11 is 0. The fraction of sp³-hybridized carbons (Fsp3) is 0.435. The number of carbonyl (C=O) groups is 1. The predicted molar refractivity (Wildman–Crippen MR) is 105 cm³/mol. The molecule has 0 bridgehead atoms. The van der Waals surface area contributed by atoms with Gasteiger partial charge in [0, 0.05) is 11.6 Å².